The largest absolute Gasteiger partial charge is 0.497 e. The molecule has 2 nitrogen and oxygen atoms in total. The molecule has 0 unspecified atom stereocenters. The molecule has 0 bridgehead atoms. The van der Waals surface area contributed by atoms with Crippen LogP contribution in [0, 0.1) is 0 Å². The topological polar surface area (TPSA) is 26.3 Å². The van der Waals surface area contributed by atoms with Crippen molar-refractivity contribution in [1.29, 1.82) is 0 Å². The molecule has 3 heteroatoms. The van der Waals surface area contributed by atoms with E-state index in [1.54, 1.807) is 13.2 Å². The highest BCUT2D eigenvalue weighted by atomic mass is 35.5. The molecule has 0 aromatic heterocycles. The Bertz CT molecular complexity index is 825. The number of benzene rings is 3. The Balaban J connectivity index is 2.31. The van der Waals surface area contributed by atoms with Gasteiger partial charge in [-0.05, 0) is 40.8 Å². The molecule has 0 atom stereocenters. The van der Waals surface area contributed by atoms with Crippen molar-refractivity contribution in [3.63, 3.8) is 0 Å². The maximum absolute atomic E-state index is 11.4. The minimum absolute atomic E-state index is 0.599. The van der Waals surface area contributed by atoms with Crippen LogP contribution in [0.25, 0.3) is 21.9 Å². The number of halogens is 1. The zero-order valence-electron chi connectivity index (χ0n) is 11.5. The summed E-state index contributed by atoms with van der Waals surface area (Å²) < 4.78 is 5.17. The molecule has 0 aliphatic rings. The molecular weight excluding hydrogens is 284 g/mol. The third kappa shape index (κ3) is 2.39. The first-order valence-corrected chi connectivity index (χ1v) is 6.93. The Morgan fingerprint density at radius 1 is 0.952 bits per heavy atom. The van der Waals surface area contributed by atoms with E-state index < -0.39 is 0 Å². The SMILES string of the molecule is COc1ccc(-c2ccc(Cl)c3ccccc23)c(C=O)c1. The van der Waals surface area contributed by atoms with Crippen LogP contribution in [0.15, 0.2) is 54.6 Å². The second-order valence-electron chi connectivity index (χ2n) is 4.71. The molecule has 104 valence electrons. The van der Waals surface area contributed by atoms with Gasteiger partial charge >= 0.3 is 0 Å². The molecule has 3 aromatic carbocycles. The van der Waals surface area contributed by atoms with Crippen molar-refractivity contribution in [2.24, 2.45) is 0 Å². The molecule has 3 aromatic rings. The van der Waals surface area contributed by atoms with Gasteiger partial charge in [-0.2, -0.15) is 0 Å². The van der Waals surface area contributed by atoms with E-state index in [1.807, 2.05) is 48.5 Å². The predicted octanol–water partition coefficient (Wildman–Crippen LogP) is 4.98. The molecule has 0 amide bonds. The summed E-state index contributed by atoms with van der Waals surface area (Å²) in [6.07, 6.45) is 0.848. The number of hydrogen-bond donors (Lipinski definition) is 0. The monoisotopic (exact) mass is 296 g/mol. The standard InChI is InChI=1S/C18H13ClO2/c1-21-13-6-7-14(12(10-13)11-20)16-8-9-18(19)17-5-3-2-4-15(16)17/h2-11H,1H3. The van der Waals surface area contributed by atoms with E-state index in [1.165, 1.54) is 0 Å². The lowest BCUT2D eigenvalue weighted by Gasteiger charge is -2.11. The van der Waals surface area contributed by atoms with Crippen molar-refractivity contribution in [2.45, 2.75) is 0 Å². The first kappa shape index (κ1) is 13.7. The maximum atomic E-state index is 11.4. The summed E-state index contributed by atoms with van der Waals surface area (Å²) in [5.41, 5.74) is 2.46. The van der Waals surface area contributed by atoms with E-state index in [9.17, 15) is 4.79 Å². The fourth-order valence-electron chi connectivity index (χ4n) is 2.51. The normalized spacial score (nSPS) is 10.6. The molecular formula is C18H13ClO2. The van der Waals surface area contributed by atoms with Crippen LogP contribution in [0.1, 0.15) is 10.4 Å². The third-order valence-electron chi connectivity index (χ3n) is 3.55. The smallest absolute Gasteiger partial charge is 0.150 e. The van der Waals surface area contributed by atoms with Crippen molar-refractivity contribution in [2.75, 3.05) is 7.11 Å². The van der Waals surface area contributed by atoms with E-state index >= 15 is 0 Å². The molecule has 0 N–H and O–H groups in total. The molecule has 0 radical (unpaired) electrons. The fraction of sp³-hybridized carbons (Fsp3) is 0.0556. The molecule has 3 rings (SSSR count). The molecule has 0 spiro atoms. The van der Waals surface area contributed by atoms with E-state index in [-0.39, 0.29) is 0 Å². The van der Waals surface area contributed by atoms with Gasteiger partial charge in [-0.3, -0.25) is 4.79 Å². The molecule has 21 heavy (non-hydrogen) atoms. The van der Waals surface area contributed by atoms with Gasteiger partial charge in [-0.25, -0.2) is 0 Å². The Labute approximate surface area is 127 Å². The van der Waals surface area contributed by atoms with Crippen LogP contribution in [0.4, 0.5) is 0 Å². The zero-order valence-corrected chi connectivity index (χ0v) is 12.2. The first-order valence-electron chi connectivity index (χ1n) is 6.55. The molecule has 0 aliphatic carbocycles. The van der Waals surface area contributed by atoms with Crippen LogP contribution in [0.2, 0.25) is 5.02 Å². The van der Waals surface area contributed by atoms with Crippen molar-refractivity contribution in [3.05, 3.63) is 65.2 Å². The number of hydrogen-bond acceptors (Lipinski definition) is 2. The maximum Gasteiger partial charge on any atom is 0.150 e. The molecule has 0 fully saturated rings. The summed E-state index contributed by atoms with van der Waals surface area (Å²) in [7, 11) is 1.58. The first-order chi connectivity index (χ1) is 10.2. The van der Waals surface area contributed by atoms with E-state index in [0.29, 0.717) is 16.3 Å². The van der Waals surface area contributed by atoms with Gasteiger partial charge in [-0.15, -0.1) is 0 Å². The van der Waals surface area contributed by atoms with Crippen molar-refractivity contribution < 1.29 is 9.53 Å². The fourth-order valence-corrected chi connectivity index (χ4v) is 2.74. The zero-order chi connectivity index (χ0) is 14.8. The lowest BCUT2D eigenvalue weighted by Crippen LogP contribution is -1.91. The Kier molecular flexibility index (Phi) is 3.63. The number of methoxy groups -OCH3 is 1. The number of aldehydes is 1. The Hall–Kier alpha value is -2.32. The predicted molar refractivity (Wildman–Crippen MR) is 86.3 cm³/mol. The van der Waals surface area contributed by atoms with Gasteiger partial charge in [0.05, 0.1) is 7.11 Å². The summed E-state index contributed by atoms with van der Waals surface area (Å²) in [4.78, 5) is 11.4. The third-order valence-corrected chi connectivity index (χ3v) is 3.88. The summed E-state index contributed by atoms with van der Waals surface area (Å²) in [6, 6.07) is 17.2. The number of carbonyl (C=O) groups is 1. The van der Waals surface area contributed by atoms with E-state index in [4.69, 9.17) is 16.3 Å². The second kappa shape index (κ2) is 5.58. The summed E-state index contributed by atoms with van der Waals surface area (Å²) in [5, 5.41) is 2.71. The average molecular weight is 297 g/mol. The number of rotatable bonds is 3. The molecule has 0 saturated heterocycles. The van der Waals surface area contributed by atoms with Gasteiger partial charge in [0.1, 0.15) is 5.75 Å². The van der Waals surface area contributed by atoms with E-state index in [0.717, 1.165) is 28.2 Å². The summed E-state index contributed by atoms with van der Waals surface area (Å²) >= 11 is 6.25. The van der Waals surface area contributed by atoms with Crippen LogP contribution < -0.4 is 4.74 Å². The lowest BCUT2D eigenvalue weighted by atomic mass is 9.95. The second-order valence-corrected chi connectivity index (χ2v) is 5.12. The highest BCUT2D eigenvalue weighted by Gasteiger charge is 2.11. The van der Waals surface area contributed by atoms with E-state index in [2.05, 4.69) is 0 Å². The number of fused-ring (bicyclic) bond motifs is 1. The van der Waals surface area contributed by atoms with Gasteiger partial charge in [0.25, 0.3) is 0 Å². The minimum atomic E-state index is 0.599. The molecule has 0 saturated carbocycles. The van der Waals surface area contributed by atoms with Crippen LogP contribution in [-0.2, 0) is 0 Å². The van der Waals surface area contributed by atoms with Crippen molar-refractivity contribution in [3.8, 4) is 16.9 Å². The molecule has 0 heterocycles. The number of ether oxygens (including phenoxy) is 1. The van der Waals surface area contributed by atoms with Crippen LogP contribution in [-0.4, -0.2) is 13.4 Å². The Morgan fingerprint density at radius 3 is 2.38 bits per heavy atom. The van der Waals surface area contributed by atoms with Gasteiger partial charge in [0.2, 0.25) is 0 Å². The molecule has 0 aliphatic heterocycles. The van der Waals surface area contributed by atoms with Crippen molar-refractivity contribution >= 4 is 28.7 Å². The van der Waals surface area contributed by atoms with Gasteiger partial charge in [0.15, 0.2) is 6.29 Å². The van der Waals surface area contributed by atoms with Crippen LogP contribution >= 0.6 is 11.6 Å². The Morgan fingerprint density at radius 2 is 1.67 bits per heavy atom. The summed E-state index contributed by atoms with van der Waals surface area (Å²) in [5.74, 6) is 0.666. The summed E-state index contributed by atoms with van der Waals surface area (Å²) in [6.45, 7) is 0. The highest BCUT2D eigenvalue weighted by Crippen LogP contribution is 2.35. The quantitative estimate of drug-likeness (QED) is 0.637. The number of carbonyl (C=O) groups excluding carboxylic acids is 1. The lowest BCUT2D eigenvalue weighted by molar-refractivity contribution is 0.112. The van der Waals surface area contributed by atoms with Crippen LogP contribution in [0.3, 0.4) is 0 Å². The van der Waals surface area contributed by atoms with Crippen molar-refractivity contribution in [1.82, 2.24) is 0 Å². The van der Waals surface area contributed by atoms with Gasteiger partial charge < -0.3 is 4.74 Å². The van der Waals surface area contributed by atoms with Gasteiger partial charge in [0, 0.05) is 16.0 Å². The van der Waals surface area contributed by atoms with Gasteiger partial charge in [-0.1, -0.05) is 41.9 Å². The average Bonchev–Trinajstić information content (AvgIpc) is 2.55. The van der Waals surface area contributed by atoms with Crippen LogP contribution in [0.5, 0.6) is 5.75 Å². The highest BCUT2D eigenvalue weighted by molar-refractivity contribution is 6.36. The minimum Gasteiger partial charge on any atom is -0.497 e.